The number of hydroxylamine groups is 2. The summed E-state index contributed by atoms with van der Waals surface area (Å²) in [5.74, 6) is 3.64. The molecule has 0 unspecified atom stereocenters. The number of ether oxygens (including phenoxy) is 1. The quantitative estimate of drug-likeness (QED) is 0.0880. The van der Waals surface area contributed by atoms with Crippen molar-refractivity contribution in [3.05, 3.63) is 60.2 Å². The molecule has 0 aliphatic carbocycles. The van der Waals surface area contributed by atoms with Gasteiger partial charge in [-0.25, -0.2) is 5.06 Å². The standard InChI is InChI=1S/C33H51NO3S/c1-33(2,32(35)34(3)36)24-14-8-12-20-28-29(31-23-22-30(28)37-31)21-13-16-26-38-25-15-6-4-5-9-17-27-18-10-7-11-19-27/h4,6-8,10-12,18-19,28-31,36H,5,9,13-17,20-26H2,1-3H3/t28-,29+,30-,31+/m0/s1. The summed E-state index contributed by atoms with van der Waals surface area (Å²) < 4.78 is 6.32. The zero-order valence-corrected chi connectivity index (χ0v) is 24.8. The number of thioether (sulfide) groups is 1. The zero-order valence-electron chi connectivity index (χ0n) is 24.0. The summed E-state index contributed by atoms with van der Waals surface area (Å²) in [5.41, 5.74) is 0.903. The maximum atomic E-state index is 12.1. The van der Waals surface area contributed by atoms with Crippen molar-refractivity contribution >= 4 is 17.7 Å². The molecule has 2 bridgehead atoms. The van der Waals surface area contributed by atoms with E-state index in [9.17, 15) is 10.0 Å². The third-order valence-electron chi connectivity index (χ3n) is 8.32. The smallest absolute Gasteiger partial charge is 0.251 e. The molecule has 4 nitrogen and oxygen atoms in total. The van der Waals surface area contributed by atoms with Crippen LogP contribution in [0.1, 0.15) is 90.0 Å². The van der Waals surface area contributed by atoms with Gasteiger partial charge in [0.1, 0.15) is 0 Å². The fourth-order valence-electron chi connectivity index (χ4n) is 6.10. The summed E-state index contributed by atoms with van der Waals surface area (Å²) in [7, 11) is 1.40. The Morgan fingerprint density at radius 3 is 2.45 bits per heavy atom. The van der Waals surface area contributed by atoms with Crippen molar-refractivity contribution in [3.8, 4) is 0 Å². The first kappa shape index (κ1) is 31.0. The van der Waals surface area contributed by atoms with Gasteiger partial charge in [-0.15, -0.1) is 0 Å². The monoisotopic (exact) mass is 541 g/mol. The molecule has 0 aromatic heterocycles. The Hall–Kier alpha value is -1.56. The van der Waals surface area contributed by atoms with Gasteiger partial charge >= 0.3 is 0 Å². The lowest BCUT2D eigenvalue weighted by molar-refractivity contribution is -0.169. The molecule has 0 saturated carbocycles. The van der Waals surface area contributed by atoms with E-state index in [2.05, 4.69) is 66.4 Å². The zero-order chi connectivity index (χ0) is 27.2. The number of fused-ring (bicyclic) bond motifs is 2. The molecule has 2 aliphatic heterocycles. The van der Waals surface area contributed by atoms with E-state index >= 15 is 0 Å². The number of rotatable bonds is 18. The van der Waals surface area contributed by atoms with Crippen molar-refractivity contribution in [3.63, 3.8) is 0 Å². The van der Waals surface area contributed by atoms with Gasteiger partial charge < -0.3 is 4.74 Å². The van der Waals surface area contributed by atoms with E-state index < -0.39 is 5.41 Å². The third-order valence-corrected chi connectivity index (χ3v) is 9.43. The predicted molar refractivity (Wildman–Crippen MR) is 161 cm³/mol. The molecule has 1 aromatic carbocycles. The first-order valence-corrected chi connectivity index (χ1v) is 16.1. The molecule has 1 aromatic rings. The lowest BCUT2D eigenvalue weighted by atomic mass is 9.75. The van der Waals surface area contributed by atoms with Gasteiger partial charge in [0, 0.05) is 12.5 Å². The summed E-state index contributed by atoms with van der Waals surface area (Å²) in [6, 6.07) is 10.8. The number of allylic oxidation sites excluding steroid dienone is 4. The summed E-state index contributed by atoms with van der Waals surface area (Å²) >= 11 is 2.10. The van der Waals surface area contributed by atoms with Crippen LogP contribution < -0.4 is 0 Å². The van der Waals surface area contributed by atoms with E-state index in [1.807, 2.05) is 13.8 Å². The number of carbonyl (C=O) groups excluding carboxylic acids is 1. The number of aryl methyl sites for hydroxylation is 1. The minimum absolute atomic E-state index is 0.225. The van der Waals surface area contributed by atoms with Crippen LogP contribution in [0.2, 0.25) is 0 Å². The molecular weight excluding hydrogens is 490 g/mol. The molecule has 2 saturated heterocycles. The van der Waals surface area contributed by atoms with E-state index in [1.54, 1.807) is 0 Å². The molecule has 38 heavy (non-hydrogen) atoms. The van der Waals surface area contributed by atoms with Gasteiger partial charge in [0.15, 0.2) is 0 Å². The molecule has 0 spiro atoms. The highest BCUT2D eigenvalue weighted by Gasteiger charge is 2.47. The summed E-state index contributed by atoms with van der Waals surface area (Å²) in [5, 5.41) is 10.2. The lowest BCUT2D eigenvalue weighted by Gasteiger charge is -2.27. The Labute approximate surface area is 236 Å². The number of hydrogen-bond donors (Lipinski definition) is 1. The van der Waals surface area contributed by atoms with Crippen LogP contribution in [0.15, 0.2) is 54.6 Å². The number of unbranched alkanes of at least 4 members (excludes halogenated alkanes) is 2. The normalized spacial score (nSPS) is 23.2. The van der Waals surface area contributed by atoms with Crippen LogP contribution in [-0.4, -0.2) is 46.9 Å². The lowest BCUT2D eigenvalue weighted by Crippen LogP contribution is -2.36. The van der Waals surface area contributed by atoms with Gasteiger partial charge in [-0.05, 0) is 99.5 Å². The van der Waals surface area contributed by atoms with Gasteiger partial charge in [-0.3, -0.25) is 10.0 Å². The number of amides is 1. The Morgan fingerprint density at radius 1 is 0.974 bits per heavy atom. The minimum Gasteiger partial charge on any atom is -0.374 e. The fraction of sp³-hybridized carbons (Fsp3) is 0.667. The Kier molecular flexibility index (Phi) is 13.5. The fourth-order valence-corrected chi connectivity index (χ4v) is 7.01. The van der Waals surface area contributed by atoms with E-state index in [0.29, 0.717) is 29.1 Å². The summed E-state index contributed by atoms with van der Waals surface area (Å²) in [6.07, 6.45) is 24.1. The highest BCUT2D eigenvalue weighted by atomic mass is 32.2. The SMILES string of the molecule is CN(O)C(=O)C(C)(C)CCC=CC[C@H]1[C@@H](CCCCSCCC=CCCCc2ccccc2)[C@H]2CC[C@@H]1O2. The molecule has 0 radical (unpaired) electrons. The van der Waals surface area contributed by atoms with E-state index in [-0.39, 0.29) is 5.91 Å². The van der Waals surface area contributed by atoms with Crippen molar-refractivity contribution in [1.29, 1.82) is 0 Å². The van der Waals surface area contributed by atoms with Gasteiger partial charge in [0.2, 0.25) is 0 Å². The van der Waals surface area contributed by atoms with Crippen LogP contribution in [0.4, 0.5) is 0 Å². The second-order valence-electron chi connectivity index (χ2n) is 11.8. The second-order valence-corrected chi connectivity index (χ2v) is 13.0. The van der Waals surface area contributed by atoms with Crippen molar-refractivity contribution in [2.45, 2.75) is 103 Å². The van der Waals surface area contributed by atoms with Crippen LogP contribution >= 0.6 is 11.8 Å². The van der Waals surface area contributed by atoms with Gasteiger partial charge in [-0.2, -0.15) is 11.8 Å². The van der Waals surface area contributed by atoms with Crippen LogP contribution in [0.5, 0.6) is 0 Å². The van der Waals surface area contributed by atoms with Crippen molar-refractivity contribution < 1.29 is 14.7 Å². The predicted octanol–water partition coefficient (Wildman–Crippen LogP) is 8.25. The van der Waals surface area contributed by atoms with Crippen LogP contribution in [-0.2, 0) is 16.0 Å². The van der Waals surface area contributed by atoms with Crippen LogP contribution in [0.25, 0.3) is 0 Å². The molecular formula is C33H51NO3S. The highest BCUT2D eigenvalue weighted by Crippen LogP contribution is 2.47. The van der Waals surface area contributed by atoms with Crippen LogP contribution in [0, 0.1) is 17.3 Å². The Bertz CT molecular complexity index is 866. The van der Waals surface area contributed by atoms with Gasteiger partial charge in [0.05, 0.1) is 12.2 Å². The first-order valence-electron chi connectivity index (χ1n) is 14.9. The van der Waals surface area contributed by atoms with E-state index in [0.717, 1.165) is 19.3 Å². The first-order chi connectivity index (χ1) is 18.4. The van der Waals surface area contributed by atoms with Crippen molar-refractivity contribution in [2.75, 3.05) is 18.6 Å². The number of benzene rings is 1. The number of carbonyl (C=O) groups is 1. The molecule has 1 amide bonds. The molecule has 2 aliphatic rings. The van der Waals surface area contributed by atoms with E-state index in [1.165, 1.54) is 81.9 Å². The number of nitrogens with zero attached hydrogens (tertiary/aromatic N) is 1. The minimum atomic E-state index is -0.539. The molecule has 2 heterocycles. The van der Waals surface area contributed by atoms with Gasteiger partial charge in [-0.1, -0.05) is 74.9 Å². The maximum Gasteiger partial charge on any atom is 0.251 e. The molecule has 1 N–H and O–H groups in total. The number of hydrogen-bond acceptors (Lipinski definition) is 4. The second kappa shape index (κ2) is 16.5. The molecule has 4 atom stereocenters. The average molecular weight is 542 g/mol. The molecule has 5 heteroatoms. The summed E-state index contributed by atoms with van der Waals surface area (Å²) in [4.78, 5) is 12.1. The maximum absolute atomic E-state index is 12.1. The largest absolute Gasteiger partial charge is 0.374 e. The van der Waals surface area contributed by atoms with Gasteiger partial charge in [0.25, 0.3) is 5.91 Å². The van der Waals surface area contributed by atoms with Crippen LogP contribution in [0.3, 0.4) is 0 Å². The highest BCUT2D eigenvalue weighted by molar-refractivity contribution is 7.99. The Balaban J connectivity index is 1.23. The average Bonchev–Trinajstić information content (AvgIpc) is 3.51. The summed E-state index contributed by atoms with van der Waals surface area (Å²) in [6.45, 7) is 3.80. The molecule has 3 rings (SSSR count). The topological polar surface area (TPSA) is 49.8 Å². The molecule has 212 valence electrons. The third kappa shape index (κ3) is 10.2. The van der Waals surface area contributed by atoms with Crippen molar-refractivity contribution in [2.24, 2.45) is 17.3 Å². The molecule has 2 fully saturated rings. The Morgan fingerprint density at radius 2 is 1.68 bits per heavy atom. The van der Waals surface area contributed by atoms with Crippen molar-refractivity contribution in [1.82, 2.24) is 5.06 Å². The van der Waals surface area contributed by atoms with E-state index in [4.69, 9.17) is 4.74 Å².